The first-order valence-corrected chi connectivity index (χ1v) is 4.21. The van der Waals surface area contributed by atoms with Crippen LogP contribution in [0.4, 0.5) is 0 Å². The Bertz CT molecular complexity index is 571. The molecule has 0 aliphatic rings. The summed E-state index contributed by atoms with van der Waals surface area (Å²) in [5.74, 6) is 2.43. The van der Waals surface area contributed by atoms with Gasteiger partial charge in [-0.15, -0.1) is 6.42 Å². The van der Waals surface area contributed by atoms with E-state index in [4.69, 9.17) is 6.42 Å². The summed E-state index contributed by atoms with van der Waals surface area (Å²) in [7, 11) is 0. The maximum Gasteiger partial charge on any atom is 0.277 e. The first-order chi connectivity index (χ1) is 6.72. The second kappa shape index (κ2) is 3.04. The molecule has 0 aliphatic carbocycles. The van der Waals surface area contributed by atoms with Crippen LogP contribution in [0, 0.1) is 19.3 Å². The first kappa shape index (κ1) is 8.57. The van der Waals surface area contributed by atoms with Gasteiger partial charge in [-0.2, -0.15) is 5.10 Å². The molecule has 0 radical (unpaired) electrons. The van der Waals surface area contributed by atoms with Crippen molar-refractivity contribution in [1.82, 2.24) is 14.2 Å². The average molecular weight is 187 g/mol. The number of hydrogen-bond donors (Lipinski definition) is 0. The van der Waals surface area contributed by atoms with E-state index in [2.05, 4.69) is 11.0 Å². The van der Waals surface area contributed by atoms with E-state index in [1.54, 1.807) is 23.0 Å². The fraction of sp³-hybridized carbons (Fsp3) is 0.200. The van der Waals surface area contributed by atoms with Gasteiger partial charge in [0.05, 0.1) is 12.2 Å². The van der Waals surface area contributed by atoms with Crippen molar-refractivity contribution in [2.24, 2.45) is 0 Å². The quantitative estimate of drug-likeness (QED) is 0.607. The van der Waals surface area contributed by atoms with Gasteiger partial charge in [-0.1, -0.05) is 5.92 Å². The number of terminal acetylenes is 1. The minimum atomic E-state index is -0.106. The zero-order valence-electron chi connectivity index (χ0n) is 7.77. The number of hydrogen-bond acceptors (Lipinski definition) is 2. The number of nitrogens with zero attached hydrogens (tertiary/aromatic N) is 3. The van der Waals surface area contributed by atoms with E-state index in [0.717, 1.165) is 5.69 Å². The SMILES string of the molecule is C#CCn1ccn2nc(C)cc2c1=O. The molecule has 0 N–H and O–H groups in total. The first-order valence-electron chi connectivity index (χ1n) is 4.21. The van der Waals surface area contributed by atoms with Crippen LogP contribution in [0.3, 0.4) is 0 Å². The average Bonchev–Trinajstić information content (AvgIpc) is 2.52. The topological polar surface area (TPSA) is 39.3 Å². The second-order valence-electron chi connectivity index (χ2n) is 3.05. The molecule has 0 bridgehead atoms. The minimum absolute atomic E-state index is 0.106. The molecule has 70 valence electrons. The molecule has 0 saturated heterocycles. The lowest BCUT2D eigenvalue weighted by atomic mass is 10.4. The largest absolute Gasteiger partial charge is 0.301 e. The van der Waals surface area contributed by atoms with Crippen LogP contribution in [0.15, 0.2) is 23.3 Å². The van der Waals surface area contributed by atoms with Crippen LogP contribution in [-0.2, 0) is 6.54 Å². The summed E-state index contributed by atoms with van der Waals surface area (Å²) < 4.78 is 3.04. The Balaban J connectivity index is 2.76. The Kier molecular flexibility index (Phi) is 1.86. The van der Waals surface area contributed by atoms with E-state index < -0.39 is 0 Å². The molecule has 0 atom stereocenters. The van der Waals surface area contributed by atoms with Gasteiger partial charge < -0.3 is 4.57 Å². The highest BCUT2D eigenvalue weighted by molar-refractivity contribution is 5.44. The van der Waals surface area contributed by atoms with Crippen LogP contribution in [0.2, 0.25) is 0 Å². The normalized spacial score (nSPS) is 10.3. The van der Waals surface area contributed by atoms with Gasteiger partial charge in [-0.05, 0) is 13.0 Å². The predicted molar refractivity (Wildman–Crippen MR) is 53.0 cm³/mol. The van der Waals surface area contributed by atoms with Crippen molar-refractivity contribution in [3.8, 4) is 12.3 Å². The fourth-order valence-electron chi connectivity index (χ4n) is 1.37. The molecule has 2 aromatic heterocycles. The molecule has 0 unspecified atom stereocenters. The molecular weight excluding hydrogens is 178 g/mol. The Morgan fingerprint density at radius 1 is 1.57 bits per heavy atom. The maximum atomic E-state index is 11.7. The Labute approximate surface area is 80.8 Å². The molecular formula is C10H9N3O. The van der Waals surface area contributed by atoms with Gasteiger partial charge in [0.15, 0.2) is 0 Å². The van der Waals surface area contributed by atoms with Gasteiger partial charge >= 0.3 is 0 Å². The van der Waals surface area contributed by atoms with Crippen molar-refractivity contribution in [2.45, 2.75) is 13.5 Å². The van der Waals surface area contributed by atoms with Crippen LogP contribution in [0.5, 0.6) is 0 Å². The smallest absolute Gasteiger partial charge is 0.277 e. The zero-order chi connectivity index (χ0) is 10.1. The van der Waals surface area contributed by atoms with Crippen molar-refractivity contribution >= 4 is 5.52 Å². The molecule has 0 aromatic carbocycles. The van der Waals surface area contributed by atoms with Crippen molar-refractivity contribution < 1.29 is 0 Å². The third-order valence-corrected chi connectivity index (χ3v) is 1.99. The number of rotatable bonds is 1. The summed E-state index contributed by atoms with van der Waals surface area (Å²) in [5.41, 5.74) is 1.27. The van der Waals surface area contributed by atoms with E-state index in [0.29, 0.717) is 12.1 Å². The molecule has 0 aliphatic heterocycles. The van der Waals surface area contributed by atoms with Gasteiger partial charge in [0.25, 0.3) is 5.56 Å². The highest BCUT2D eigenvalue weighted by Gasteiger charge is 2.03. The van der Waals surface area contributed by atoms with E-state index in [9.17, 15) is 4.79 Å². The standard InChI is InChI=1S/C10H9N3O/c1-3-4-12-5-6-13-9(10(12)14)7-8(2)11-13/h1,5-7H,4H2,2H3. The van der Waals surface area contributed by atoms with Crippen LogP contribution in [-0.4, -0.2) is 14.2 Å². The van der Waals surface area contributed by atoms with E-state index in [1.807, 2.05) is 6.92 Å². The molecule has 14 heavy (non-hydrogen) atoms. The van der Waals surface area contributed by atoms with Crippen LogP contribution >= 0.6 is 0 Å². The molecule has 0 amide bonds. The second-order valence-corrected chi connectivity index (χ2v) is 3.05. The number of aromatic nitrogens is 3. The lowest BCUT2D eigenvalue weighted by molar-refractivity contribution is 0.771. The third kappa shape index (κ3) is 1.19. The Hall–Kier alpha value is -2.02. The molecule has 2 aromatic rings. The summed E-state index contributed by atoms with van der Waals surface area (Å²) in [4.78, 5) is 11.7. The number of fused-ring (bicyclic) bond motifs is 1. The van der Waals surface area contributed by atoms with Gasteiger partial charge in [0.1, 0.15) is 5.52 Å². The highest BCUT2D eigenvalue weighted by atomic mass is 16.1. The predicted octanol–water partition coefficient (Wildman–Crippen LogP) is 0.438. The third-order valence-electron chi connectivity index (χ3n) is 1.99. The minimum Gasteiger partial charge on any atom is -0.301 e. The number of aryl methyl sites for hydroxylation is 1. The van der Waals surface area contributed by atoms with Crippen LogP contribution < -0.4 is 5.56 Å². The highest BCUT2D eigenvalue weighted by Crippen LogP contribution is 1.99. The van der Waals surface area contributed by atoms with Gasteiger partial charge in [0.2, 0.25) is 0 Å². The van der Waals surface area contributed by atoms with Crippen molar-refractivity contribution in [2.75, 3.05) is 0 Å². The molecule has 2 heterocycles. The Morgan fingerprint density at radius 3 is 3.07 bits per heavy atom. The van der Waals surface area contributed by atoms with Crippen LogP contribution in [0.1, 0.15) is 5.69 Å². The van der Waals surface area contributed by atoms with Crippen molar-refractivity contribution in [3.63, 3.8) is 0 Å². The fourth-order valence-corrected chi connectivity index (χ4v) is 1.37. The maximum absolute atomic E-state index is 11.7. The van der Waals surface area contributed by atoms with Gasteiger partial charge in [-0.25, -0.2) is 4.52 Å². The zero-order valence-corrected chi connectivity index (χ0v) is 7.77. The van der Waals surface area contributed by atoms with E-state index >= 15 is 0 Å². The van der Waals surface area contributed by atoms with Crippen LogP contribution in [0.25, 0.3) is 5.52 Å². The summed E-state index contributed by atoms with van der Waals surface area (Å²) in [6.45, 7) is 2.14. The summed E-state index contributed by atoms with van der Waals surface area (Å²) in [6, 6.07) is 1.75. The van der Waals surface area contributed by atoms with Gasteiger partial charge in [0, 0.05) is 12.4 Å². The summed E-state index contributed by atoms with van der Waals surface area (Å²) in [5, 5.41) is 4.13. The summed E-state index contributed by atoms with van der Waals surface area (Å²) >= 11 is 0. The van der Waals surface area contributed by atoms with E-state index in [-0.39, 0.29) is 5.56 Å². The van der Waals surface area contributed by atoms with Gasteiger partial charge in [-0.3, -0.25) is 4.79 Å². The van der Waals surface area contributed by atoms with E-state index in [1.165, 1.54) is 4.57 Å². The molecule has 0 fully saturated rings. The molecule has 4 nitrogen and oxygen atoms in total. The molecule has 0 saturated carbocycles. The molecule has 2 rings (SSSR count). The lowest BCUT2D eigenvalue weighted by Gasteiger charge is -1.99. The lowest BCUT2D eigenvalue weighted by Crippen LogP contribution is -2.20. The van der Waals surface area contributed by atoms with Crippen molar-refractivity contribution in [1.29, 1.82) is 0 Å². The molecule has 0 spiro atoms. The van der Waals surface area contributed by atoms with Crippen molar-refractivity contribution in [3.05, 3.63) is 34.5 Å². The monoisotopic (exact) mass is 187 g/mol. The molecule has 4 heteroatoms. The Morgan fingerprint density at radius 2 is 2.36 bits per heavy atom. The summed E-state index contributed by atoms with van der Waals surface area (Å²) in [6.07, 6.45) is 8.51.